The van der Waals surface area contributed by atoms with E-state index in [1.807, 2.05) is 26.8 Å². The third kappa shape index (κ3) is 4.94. The number of aliphatic hydroxyl groups is 1. The van der Waals surface area contributed by atoms with Gasteiger partial charge in [0.25, 0.3) is 11.8 Å². The topological polar surface area (TPSA) is 109 Å². The van der Waals surface area contributed by atoms with Gasteiger partial charge in [-0.25, -0.2) is 9.37 Å². The van der Waals surface area contributed by atoms with Gasteiger partial charge < -0.3 is 21.1 Å². The Kier molecular flexibility index (Phi) is 7.12. The Bertz CT molecular complexity index is 1610. The van der Waals surface area contributed by atoms with Crippen molar-refractivity contribution in [2.24, 2.45) is 0 Å². The molecule has 5 rings (SSSR count). The zero-order valence-corrected chi connectivity index (χ0v) is 22.8. The molecule has 4 N–H and O–H groups in total. The number of hydrogen-bond donors (Lipinski definition) is 3. The van der Waals surface area contributed by atoms with Crippen LogP contribution in [0.1, 0.15) is 78.7 Å². The molecule has 3 aromatic carbocycles. The number of rotatable bonds is 5. The highest BCUT2D eigenvalue weighted by Gasteiger charge is 2.30. The molecule has 0 radical (unpaired) electrons. The van der Waals surface area contributed by atoms with Crippen LogP contribution in [0.3, 0.4) is 0 Å². The van der Waals surface area contributed by atoms with Gasteiger partial charge in [-0.15, -0.1) is 0 Å². The number of nitrogen functional groups attached to an aromatic ring is 1. The Hall–Kier alpha value is -4.56. The number of aryl methyl sites for hydroxylation is 2. The molecule has 40 heavy (non-hydrogen) atoms. The molecule has 8 heteroatoms. The summed E-state index contributed by atoms with van der Waals surface area (Å²) in [7, 11) is 1.64. The summed E-state index contributed by atoms with van der Waals surface area (Å²) in [6.45, 7) is 6.11. The van der Waals surface area contributed by atoms with Gasteiger partial charge in [-0.3, -0.25) is 9.59 Å². The first kappa shape index (κ1) is 27.0. The number of benzene rings is 3. The van der Waals surface area contributed by atoms with Crippen LogP contribution >= 0.6 is 0 Å². The number of pyridine rings is 1. The zero-order valence-electron chi connectivity index (χ0n) is 22.8. The van der Waals surface area contributed by atoms with Gasteiger partial charge in [0.1, 0.15) is 17.7 Å². The standard InChI is InChI=1S/C32H31FN4O3/c1-17-13-29(34)36-19(3)28(17)16-35-31(39)20-5-11-24-26(14-20)18(2)27-15-21(6-12-25(27)30(24)38)32(40)37(4)23-9-7-22(33)8-10-23/h5-15,18,30,38H,16H2,1-4H3,(H2,34,36)(H,35,39)/t18-,30+/m0/s1. The predicted molar refractivity (Wildman–Crippen MR) is 153 cm³/mol. The van der Waals surface area contributed by atoms with Crippen molar-refractivity contribution in [3.05, 3.63) is 123 Å². The summed E-state index contributed by atoms with van der Waals surface area (Å²) in [5.74, 6) is -0.593. The van der Waals surface area contributed by atoms with Gasteiger partial charge in [0.05, 0.1) is 0 Å². The van der Waals surface area contributed by atoms with Crippen molar-refractivity contribution >= 4 is 23.3 Å². The first-order valence-corrected chi connectivity index (χ1v) is 13.0. The molecule has 0 bridgehead atoms. The molecule has 0 saturated heterocycles. The van der Waals surface area contributed by atoms with Crippen LogP contribution < -0.4 is 16.0 Å². The lowest BCUT2D eigenvalue weighted by Crippen LogP contribution is -2.27. The van der Waals surface area contributed by atoms with Crippen LogP contribution in [0.2, 0.25) is 0 Å². The van der Waals surface area contributed by atoms with E-state index in [9.17, 15) is 19.1 Å². The molecular weight excluding hydrogens is 507 g/mol. The molecular formula is C32H31FN4O3. The summed E-state index contributed by atoms with van der Waals surface area (Å²) < 4.78 is 13.3. The lowest BCUT2D eigenvalue weighted by atomic mass is 9.76. The van der Waals surface area contributed by atoms with Crippen LogP contribution in [0.5, 0.6) is 0 Å². The van der Waals surface area contributed by atoms with Gasteiger partial charge in [0.2, 0.25) is 0 Å². The van der Waals surface area contributed by atoms with Crippen LogP contribution in [-0.2, 0) is 6.54 Å². The van der Waals surface area contributed by atoms with Crippen molar-refractivity contribution in [3.63, 3.8) is 0 Å². The molecule has 0 saturated carbocycles. The summed E-state index contributed by atoms with van der Waals surface area (Å²) in [6, 6.07) is 18.1. The largest absolute Gasteiger partial charge is 0.384 e. The molecule has 1 aromatic heterocycles. The molecule has 1 heterocycles. The van der Waals surface area contributed by atoms with E-state index in [0.717, 1.165) is 39.1 Å². The smallest absolute Gasteiger partial charge is 0.258 e. The van der Waals surface area contributed by atoms with Gasteiger partial charge >= 0.3 is 0 Å². The van der Waals surface area contributed by atoms with Crippen LogP contribution in [0.25, 0.3) is 0 Å². The fourth-order valence-electron chi connectivity index (χ4n) is 5.41. The normalized spacial score (nSPS) is 15.7. The van der Waals surface area contributed by atoms with Crippen molar-refractivity contribution < 1.29 is 19.1 Å². The zero-order chi connectivity index (χ0) is 28.7. The van der Waals surface area contributed by atoms with E-state index in [4.69, 9.17) is 5.73 Å². The number of fused-ring (bicyclic) bond motifs is 2. The quantitative estimate of drug-likeness (QED) is 0.325. The van der Waals surface area contributed by atoms with E-state index in [0.29, 0.717) is 29.2 Å². The molecule has 4 aromatic rings. The number of carbonyl (C=O) groups is 2. The second-order valence-electron chi connectivity index (χ2n) is 10.3. The Morgan fingerprint density at radius 1 is 0.950 bits per heavy atom. The maximum Gasteiger partial charge on any atom is 0.258 e. The third-order valence-electron chi connectivity index (χ3n) is 7.72. The minimum Gasteiger partial charge on any atom is -0.384 e. The van der Waals surface area contributed by atoms with Crippen molar-refractivity contribution in [2.45, 2.75) is 39.3 Å². The van der Waals surface area contributed by atoms with E-state index >= 15 is 0 Å². The van der Waals surface area contributed by atoms with Crippen LogP contribution in [-0.4, -0.2) is 29.0 Å². The maximum absolute atomic E-state index is 13.3. The number of aliphatic hydroxyl groups excluding tert-OH is 1. The number of aromatic nitrogens is 1. The number of nitrogens with one attached hydrogen (secondary N) is 1. The Morgan fingerprint density at radius 3 is 2.17 bits per heavy atom. The van der Waals surface area contributed by atoms with Crippen molar-refractivity contribution in [2.75, 3.05) is 17.7 Å². The average molecular weight is 539 g/mol. The number of nitrogens with two attached hydrogens (primary N) is 1. The van der Waals surface area contributed by atoms with E-state index < -0.39 is 6.10 Å². The average Bonchev–Trinajstić information content (AvgIpc) is 2.94. The summed E-state index contributed by atoms with van der Waals surface area (Å²) in [5, 5.41) is 14.2. The lowest BCUT2D eigenvalue weighted by molar-refractivity contribution is 0.0949. The number of anilines is 2. The van der Waals surface area contributed by atoms with E-state index in [2.05, 4.69) is 10.3 Å². The SMILES string of the molecule is Cc1cc(N)nc(C)c1CNC(=O)c1ccc2c(c1)[C@H](C)c1cc(C(=O)N(C)c3ccc(F)cc3)ccc1[C@@H]2O. The molecule has 0 fully saturated rings. The number of nitrogens with zero attached hydrogens (tertiary/aromatic N) is 2. The summed E-state index contributed by atoms with van der Waals surface area (Å²) >= 11 is 0. The van der Waals surface area contributed by atoms with Gasteiger partial charge in [-0.1, -0.05) is 19.1 Å². The highest BCUT2D eigenvalue weighted by atomic mass is 19.1. The molecule has 2 atom stereocenters. The highest BCUT2D eigenvalue weighted by molar-refractivity contribution is 6.06. The molecule has 204 valence electrons. The maximum atomic E-state index is 13.3. The lowest BCUT2D eigenvalue weighted by Gasteiger charge is -2.31. The monoisotopic (exact) mass is 538 g/mol. The first-order chi connectivity index (χ1) is 19.0. The van der Waals surface area contributed by atoms with Crippen LogP contribution in [0.4, 0.5) is 15.9 Å². The Balaban J connectivity index is 1.39. The summed E-state index contributed by atoms with van der Waals surface area (Å²) in [6.07, 6.45) is -0.886. The fraction of sp³-hybridized carbons (Fsp3) is 0.219. The second-order valence-corrected chi connectivity index (χ2v) is 10.3. The van der Waals surface area contributed by atoms with Crippen molar-refractivity contribution in [1.29, 1.82) is 0 Å². The minimum atomic E-state index is -0.886. The second kappa shape index (κ2) is 10.5. The number of carbonyl (C=O) groups excluding carboxylic acids is 2. The molecule has 2 amide bonds. The molecule has 1 aliphatic rings. The summed E-state index contributed by atoms with van der Waals surface area (Å²) in [5.41, 5.74) is 13.0. The molecule has 0 unspecified atom stereocenters. The van der Waals surface area contributed by atoms with E-state index in [1.165, 1.54) is 17.0 Å². The third-order valence-corrected chi connectivity index (χ3v) is 7.72. The predicted octanol–water partition coefficient (Wildman–Crippen LogP) is 5.17. The van der Waals surface area contributed by atoms with Gasteiger partial charge in [-0.05, 0) is 102 Å². The minimum absolute atomic E-state index is 0.171. The van der Waals surface area contributed by atoms with E-state index in [1.54, 1.807) is 55.6 Å². The number of halogens is 1. The first-order valence-electron chi connectivity index (χ1n) is 13.0. The number of hydrogen-bond acceptors (Lipinski definition) is 5. The van der Waals surface area contributed by atoms with Crippen LogP contribution in [0, 0.1) is 19.7 Å². The van der Waals surface area contributed by atoms with Gasteiger partial charge in [0, 0.05) is 42.0 Å². The molecule has 1 aliphatic carbocycles. The van der Waals surface area contributed by atoms with E-state index in [-0.39, 0.29) is 23.5 Å². The summed E-state index contributed by atoms with van der Waals surface area (Å²) in [4.78, 5) is 32.1. The van der Waals surface area contributed by atoms with Crippen LogP contribution in [0.15, 0.2) is 66.7 Å². The van der Waals surface area contributed by atoms with Crippen molar-refractivity contribution in [3.8, 4) is 0 Å². The fourth-order valence-corrected chi connectivity index (χ4v) is 5.41. The molecule has 0 aliphatic heterocycles. The van der Waals surface area contributed by atoms with Crippen molar-refractivity contribution in [1.82, 2.24) is 10.3 Å². The Labute approximate surface area is 232 Å². The highest BCUT2D eigenvalue weighted by Crippen LogP contribution is 2.42. The Morgan fingerprint density at radius 2 is 1.55 bits per heavy atom. The molecule has 7 nitrogen and oxygen atoms in total. The van der Waals surface area contributed by atoms with Gasteiger partial charge in [0.15, 0.2) is 0 Å². The van der Waals surface area contributed by atoms with Gasteiger partial charge in [-0.2, -0.15) is 0 Å². The molecule has 0 spiro atoms. The number of amides is 2.